The molecule has 1 amide bonds. The van der Waals surface area contributed by atoms with Crippen LogP contribution in [0.4, 0.5) is 17.2 Å². The largest absolute Gasteiger partial charge is 0.493 e. The molecule has 45 heavy (non-hydrogen) atoms. The number of carbonyl (C=O) groups is 2. The Balaban J connectivity index is 1.44. The molecule has 3 heterocycles. The van der Waals surface area contributed by atoms with Gasteiger partial charge in [-0.1, -0.05) is 32.0 Å². The molecule has 0 radical (unpaired) electrons. The fourth-order valence-electron chi connectivity index (χ4n) is 6.86. The van der Waals surface area contributed by atoms with Gasteiger partial charge < -0.3 is 34.2 Å². The Morgan fingerprint density at radius 2 is 1.64 bits per heavy atom. The van der Waals surface area contributed by atoms with Crippen LogP contribution >= 0.6 is 0 Å². The molecule has 3 aromatic rings. The van der Waals surface area contributed by atoms with Crippen LogP contribution in [-0.4, -0.2) is 75.6 Å². The van der Waals surface area contributed by atoms with Crippen molar-refractivity contribution >= 4 is 28.9 Å². The predicted octanol–water partition coefficient (Wildman–Crippen LogP) is 5.07. The maximum Gasteiger partial charge on any atom is 0.242 e. The lowest BCUT2D eigenvalue weighted by atomic mass is 9.73. The molecule has 1 N–H and O–H groups in total. The number of anilines is 3. The molecular formula is C35H41N5O5. The fourth-order valence-corrected chi connectivity index (χ4v) is 6.86. The first-order chi connectivity index (χ1) is 21.7. The summed E-state index contributed by atoms with van der Waals surface area (Å²) in [4.78, 5) is 39.0. The maximum absolute atomic E-state index is 14.2. The second-order valence-electron chi connectivity index (χ2n) is 12.5. The van der Waals surface area contributed by atoms with E-state index < -0.39 is 6.04 Å². The number of benzene rings is 2. The van der Waals surface area contributed by atoms with Gasteiger partial charge in [-0.25, -0.2) is 4.98 Å². The van der Waals surface area contributed by atoms with E-state index >= 15 is 0 Å². The minimum Gasteiger partial charge on any atom is -0.493 e. The van der Waals surface area contributed by atoms with Gasteiger partial charge >= 0.3 is 0 Å². The summed E-state index contributed by atoms with van der Waals surface area (Å²) in [5, 5.41) is 3.62. The maximum atomic E-state index is 14.2. The number of hydrogen-bond donors (Lipinski definition) is 1. The number of hydrogen-bond acceptors (Lipinski definition) is 9. The summed E-state index contributed by atoms with van der Waals surface area (Å²) in [6, 6.07) is 16.9. The van der Waals surface area contributed by atoms with Crippen LogP contribution in [0.2, 0.25) is 0 Å². The summed E-state index contributed by atoms with van der Waals surface area (Å²) in [6.45, 7) is 6.84. The molecule has 236 valence electrons. The van der Waals surface area contributed by atoms with E-state index in [1.54, 1.807) is 27.5 Å². The van der Waals surface area contributed by atoms with Crippen molar-refractivity contribution in [1.82, 2.24) is 9.88 Å². The van der Waals surface area contributed by atoms with E-state index in [1.807, 2.05) is 59.5 Å². The Bertz CT molecular complexity index is 1610. The lowest BCUT2D eigenvalue weighted by Gasteiger charge is -2.40. The van der Waals surface area contributed by atoms with Gasteiger partial charge in [0.05, 0.1) is 45.3 Å². The summed E-state index contributed by atoms with van der Waals surface area (Å²) in [5.74, 6) is 2.37. The van der Waals surface area contributed by atoms with Gasteiger partial charge in [-0.3, -0.25) is 9.59 Å². The monoisotopic (exact) mass is 611 g/mol. The van der Waals surface area contributed by atoms with Crippen molar-refractivity contribution in [2.45, 2.75) is 32.7 Å². The fraction of sp³-hybridized carbons (Fsp3) is 0.400. The standard InChI is InChI=1S/C35H41N5O5/c1-35(2)20-25-31(27(41)21-35)32(23-13-14-28(43-3)34(45-5)33(23)44-4)40(26-11-7-6-10-24(26)37-25)22-30(42)39-18-16-38(17-19-39)29-12-8-9-15-36-29/h6-15,32,37H,16-22H2,1-5H3. The number of pyridine rings is 1. The van der Waals surface area contributed by atoms with E-state index in [2.05, 4.69) is 33.9 Å². The minimum absolute atomic E-state index is 0.0115. The zero-order chi connectivity index (χ0) is 31.7. The van der Waals surface area contributed by atoms with Crippen LogP contribution in [0.1, 0.15) is 38.3 Å². The second-order valence-corrected chi connectivity index (χ2v) is 12.5. The number of nitrogens with zero attached hydrogens (tertiary/aromatic N) is 4. The average molecular weight is 612 g/mol. The van der Waals surface area contributed by atoms with Gasteiger partial charge in [-0.15, -0.1) is 0 Å². The van der Waals surface area contributed by atoms with Crippen molar-refractivity contribution < 1.29 is 23.8 Å². The average Bonchev–Trinajstić information content (AvgIpc) is 3.18. The number of ether oxygens (including phenoxy) is 3. The number of para-hydroxylation sites is 2. The number of carbonyl (C=O) groups excluding carboxylic acids is 2. The molecule has 10 nitrogen and oxygen atoms in total. The van der Waals surface area contributed by atoms with Gasteiger partial charge in [0.25, 0.3) is 0 Å². The number of rotatable bonds is 7. The number of ketones is 1. The van der Waals surface area contributed by atoms with Crippen LogP contribution in [0.5, 0.6) is 17.2 Å². The Labute approximate surface area is 264 Å². The highest BCUT2D eigenvalue weighted by atomic mass is 16.5. The molecule has 1 saturated heterocycles. The Kier molecular flexibility index (Phi) is 8.31. The first-order valence-corrected chi connectivity index (χ1v) is 15.4. The van der Waals surface area contributed by atoms with Gasteiger partial charge in [0.1, 0.15) is 5.82 Å². The van der Waals surface area contributed by atoms with Crippen molar-refractivity contribution in [3.05, 3.63) is 77.6 Å². The molecule has 1 atom stereocenters. The minimum atomic E-state index is -0.617. The number of fused-ring (bicyclic) bond motifs is 1. The highest BCUT2D eigenvalue weighted by molar-refractivity contribution is 6.02. The quantitative estimate of drug-likeness (QED) is 0.393. The van der Waals surface area contributed by atoms with Gasteiger partial charge in [0.15, 0.2) is 17.3 Å². The van der Waals surface area contributed by atoms with E-state index in [4.69, 9.17) is 14.2 Å². The molecular weight excluding hydrogens is 570 g/mol. The molecule has 0 bridgehead atoms. The number of methoxy groups -OCH3 is 3. The molecule has 6 rings (SSSR count). The van der Waals surface area contributed by atoms with Crippen LogP contribution in [0.3, 0.4) is 0 Å². The van der Waals surface area contributed by atoms with Crippen LogP contribution in [0.15, 0.2) is 72.1 Å². The Hall–Kier alpha value is -4.73. The van der Waals surface area contributed by atoms with E-state index in [0.717, 1.165) is 28.5 Å². The Morgan fingerprint density at radius 1 is 0.911 bits per heavy atom. The van der Waals surface area contributed by atoms with Crippen molar-refractivity contribution in [1.29, 1.82) is 0 Å². The third kappa shape index (κ3) is 5.77. The van der Waals surface area contributed by atoms with E-state index in [1.165, 1.54) is 0 Å². The second kappa shape index (κ2) is 12.3. The zero-order valence-electron chi connectivity index (χ0n) is 26.6. The van der Waals surface area contributed by atoms with Crippen molar-refractivity contribution in [3.8, 4) is 17.2 Å². The summed E-state index contributed by atoms with van der Waals surface area (Å²) in [6.07, 6.45) is 2.87. The van der Waals surface area contributed by atoms with Crippen molar-refractivity contribution in [2.24, 2.45) is 5.41 Å². The summed E-state index contributed by atoms with van der Waals surface area (Å²) in [5.41, 5.74) is 3.70. The first-order valence-electron chi connectivity index (χ1n) is 15.4. The highest BCUT2D eigenvalue weighted by Gasteiger charge is 2.43. The SMILES string of the molecule is COc1ccc(C2C3=C(CC(C)(C)CC3=O)Nc3ccccc3N2CC(=O)N2CCN(c3ccccn3)CC2)c(OC)c1OC. The molecule has 0 saturated carbocycles. The van der Waals surface area contributed by atoms with Gasteiger partial charge in [-0.05, 0) is 48.2 Å². The molecule has 1 aromatic heterocycles. The lowest BCUT2D eigenvalue weighted by molar-refractivity contribution is -0.130. The number of Topliss-reactive ketones (excluding diaryl/α,β-unsaturated/α-hetero) is 1. The van der Waals surface area contributed by atoms with Gasteiger partial charge in [-0.2, -0.15) is 0 Å². The molecule has 1 aliphatic carbocycles. The number of aromatic nitrogens is 1. The number of nitrogens with one attached hydrogen (secondary N) is 1. The smallest absolute Gasteiger partial charge is 0.242 e. The normalized spacial score (nSPS) is 19.3. The van der Waals surface area contributed by atoms with E-state index in [0.29, 0.717) is 61.8 Å². The van der Waals surface area contributed by atoms with Crippen LogP contribution < -0.4 is 29.3 Å². The third-order valence-corrected chi connectivity index (χ3v) is 8.94. The third-order valence-electron chi connectivity index (χ3n) is 8.94. The van der Waals surface area contributed by atoms with Crippen LogP contribution in [-0.2, 0) is 9.59 Å². The number of piperazine rings is 1. The molecule has 10 heteroatoms. The number of allylic oxidation sites excluding steroid dienone is 1. The Morgan fingerprint density at radius 3 is 2.33 bits per heavy atom. The summed E-state index contributed by atoms with van der Waals surface area (Å²) < 4.78 is 17.3. The summed E-state index contributed by atoms with van der Waals surface area (Å²) in [7, 11) is 4.73. The van der Waals surface area contributed by atoms with E-state index in [9.17, 15) is 9.59 Å². The van der Waals surface area contributed by atoms with Crippen molar-refractivity contribution in [3.63, 3.8) is 0 Å². The van der Waals surface area contributed by atoms with Crippen LogP contribution in [0, 0.1) is 5.41 Å². The predicted molar refractivity (Wildman–Crippen MR) is 174 cm³/mol. The number of amides is 1. The van der Waals surface area contributed by atoms with Gasteiger partial charge in [0.2, 0.25) is 11.7 Å². The molecule has 1 unspecified atom stereocenters. The zero-order valence-corrected chi connectivity index (χ0v) is 26.6. The van der Waals surface area contributed by atoms with Crippen molar-refractivity contribution in [2.75, 3.05) is 69.2 Å². The molecule has 2 aliphatic heterocycles. The first kappa shape index (κ1) is 30.3. The molecule has 0 spiro atoms. The topological polar surface area (TPSA) is 96.5 Å². The summed E-state index contributed by atoms with van der Waals surface area (Å²) >= 11 is 0. The van der Waals surface area contributed by atoms with Gasteiger partial charge in [0, 0.05) is 55.6 Å². The molecule has 2 aromatic carbocycles. The van der Waals surface area contributed by atoms with Crippen LogP contribution in [0.25, 0.3) is 0 Å². The van der Waals surface area contributed by atoms with E-state index in [-0.39, 0.29) is 23.7 Å². The lowest BCUT2D eigenvalue weighted by Crippen LogP contribution is -2.52. The highest BCUT2D eigenvalue weighted by Crippen LogP contribution is 2.52. The molecule has 1 fully saturated rings. The molecule has 3 aliphatic rings.